The van der Waals surface area contributed by atoms with E-state index in [1.807, 2.05) is 55.7 Å². The number of carbonyl (C=O) groups is 1. The average molecular weight is 515 g/mol. The number of carbonyl (C=O) groups excluding carboxylic acids is 1. The second kappa shape index (κ2) is 9.21. The van der Waals surface area contributed by atoms with Gasteiger partial charge in [0, 0.05) is 30.2 Å². The first-order valence-corrected chi connectivity index (χ1v) is 12.7. The number of nitrogens with zero attached hydrogens (tertiary/aromatic N) is 9. The van der Waals surface area contributed by atoms with Crippen molar-refractivity contribution in [1.82, 2.24) is 44.9 Å². The van der Waals surface area contributed by atoms with Crippen molar-refractivity contribution in [2.24, 2.45) is 4.99 Å². The number of benzene rings is 2. The average Bonchev–Trinajstić information content (AvgIpc) is 3.78. The van der Waals surface area contributed by atoms with Crippen molar-refractivity contribution in [3.8, 4) is 34.2 Å². The molecule has 0 radical (unpaired) electrons. The van der Waals surface area contributed by atoms with Crippen molar-refractivity contribution in [3.05, 3.63) is 78.4 Å². The van der Waals surface area contributed by atoms with E-state index in [0.717, 1.165) is 46.5 Å². The Labute approximate surface area is 222 Å². The minimum atomic E-state index is 0.0292. The lowest BCUT2D eigenvalue weighted by molar-refractivity contribution is 0.0981. The predicted octanol–water partition coefficient (Wildman–Crippen LogP) is 4.69. The number of para-hydroxylation sites is 1. The van der Waals surface area contributed by atoms with Gasteiger partial charge in [0.2, 0.25) is 0 Å². The van der Waals surface area contributed by atoms with Crippen LogP contribution in [0.1, 0.15) is 35.7 Å². The summed E-state index contributed by atoms with van der Waals surface area (Å²) in [5.41, 5.74) is 8.09. The third-order valence-electron chi connectivity index (χ3n) is 6.71. The molecule has 4 aromatic heterocycles. The molecule has 1 aliphatic heterocycles. The summed E-state index contributed by atoms with van der Waals surface area (Å²) < 4.78 is 3.39. The van der Waals surface area contributed by atoms with Gasteiger partial charge in [0.15, 0.2) is 5.78 Å². The smallest absolute Gasteiger partial charge is 0.163 e. The maximum absolute atomic E-state index is 13.0. The largest absolute Gasteiger partial charge is 0.345 e. The highest BCUT2D eigenvalue weighted by molar-refractivity contribution is 5.97. The van der Waals surface area contributed by atoms with Gasteiger partial charge in [-0.15, -0.1) is 10.2 Å². The van der Waals surface area contributed by atoms with Crippen molar-refractivity contribution in [2.75, 3.05) is 0 Å². The summed E-state index contributed by atoms with van der Waals surface area (Å²) in [4.78, 5) is 29.7. The minimum absolute atomic E-state index is 0.0292. The molecule has 11 nitrogen and oxygen atoms in total. The van der Waals surface area contributed by atoms with Gasteiger partial charge >= 0.3 is 0 Å². The van der Waals surface area contributed by atoms with Crippen molar-refractivity contribution in [3.63, 3.8) is 0 Å². The Balaban J connectivity index is 1.30. The number of hydrogen-bond acceptors (Lipinski definition) is 8. The molecule has 1 aliphatic rings. The Hall–Kier alpha value is -5.32. The fourth-order valence-corrected chi connectivity index (χ4v) is 4.80. The zero-order chi connectivity index (χ0) is 26.3. The number of aromatic nitrogens is 9. The number of ketones is 1. The van der Waals surface area contributed by atoms with Crippen molar-refractivity contribution in [1.29, 1.82) is 0 Å². The van der Waals surface area contributed by atoms with E-state index in [9.17, 15) is 4.79 Å². The Bertz CT molecular complexity index is 1890. The standard InChI is InChI=1S/C28H22N10O/c1-2-5-27(39)17-12-21(23-14-37(35-33-23)25-8-3-6-19-18(25)10-11-29-19)32-22(13-17)24-15-38(36-34-24)26-9-4-7-20-28(26)31-16-30-20/h3-4,6-9,11-16H,2,5,10H2,1H3,(H,30,31). The Kier molecular flexibility index (Phi) is 5.39. The molecule has 2 aromatic carbocycles. The maximum Gasteiger partial charge on any atom is 0.163 e. The van der Waals surface area contributed by atoms with Crippen molar-refractivity contribution in [2.45, 2.75) is 26.2 Å². The molecule has 0 saturated heterocycles. The number of fused-ring (bicyclic) bond motifs is 2. The molecule has 0 atom stereocenters. The lowest BCUT2D eigenvalue weighted by Crippen LogP contribution is -2.01. The second-order valence-electron chi connectivity index (χ2n) is 9.26. The first-order chi connectivity index (χ1) is 19.2. The zero-order valence-corrected chi connectivity index (χ0v) is 21.0. The van der Waals surface area contributed by atoms with Gasteiger partial charge in [0.25, 0.3) is 0 Å². The summed E-state index contributed by atoms with van der Waals surface area (Å²) in [5.74, 6) is 0.0292. The van der Waals surface area contributed by atoms with Crippen LogP contribution in [0.5, 0.6) is 0 Å². The van der Waals surface area contributed by atoms with Gasteiger partial charge in [-0.1, -0.05) is 29.5 Å². The molecule has 0 unspecified atom stereocenters. The van der Waals surface area contributed by atoms with Gasteiger partial charge < -0.3 is 4.98 Å². The van der Waals surface area contributed by atoms with Crippen LogP contribution in [-0.2, 0) is 6.42 Å². The monoisotopic (exact) mass is 514 g/mol. The highest BCUT2D eigenvalue weighted by Gasteiger charge is 2.19. The second-order valence-corrected chi connectivity index (χ2v) is 9.26. The topological polar surface area (TPSA) is 132 Å². The zero-order valence-electron chi connectivity index (χ0n) is 21.0. The summed E-state index contributed by atoms with van der Waals surface area (Å²) in [7, 11) is 0. The SMILES string of the molecule is CCCC(=O)c1cc(-c2cn(-c3cccc4c3CC=N4)nn2)nc(-c2cn(-c3cccc4[nH]cnc34)nn2)c1. The number of Topliss-reactive ketones (excluding diaryl/α,β-unsaturated/α-hetero) is 1. The van der Waals surface area contributed by atoms with Crippen LogP contribution < -0.4 is 0 Å². The summed E-state index contributed by atoms with van der Waals surface area (Å²) in [6, 6.07) is 15.2. The summed E-state index contributed by atoms with van der Waals surface area (Å²) in [6.07, 6.45) is 9.06. The quantitative estimate of drug-likeness (QED) is 0.306. The number of pyridine rings is 1. The molecule has 39 heavy (non-hydrogen) atoms. The van der Waals surface area contributed by atoms with Crippen molar-refractivity contribution >= 4 is 28.7 Å². The van der Waals surface area contributed by atoms with Crippen LogP contribution >= 0.6 is 0 Å². The molecule has 0 fully saturated rings. The fourth-order valence-electron chi connectivity index (χ4n) is 4.80. The van der Waals surface area contributed by atoms with Gasteiger partial charge in [-0.25, -0.2) is 19.3 Å². The number of nitrogens with one attached hydrogen (secondary N) is 1. The molecule has 7 rings (SSSR count). The molecular weight excluding hydrogens is 492 g/mol. The molecule has 190 valence electrons. The van der Waals surface area contributed by atoms with E-state index >= 15 is 0 Å². The number of rotatable bonds is 7. The first-order valence-electron chi connectivity index (χ1n) is 12.7. The Morgan fingerprint density at radius 3 is 2.41 bits per heavy atom. The number of hydrogen-bond donors (Lipinski definition) is 1. The van der Waals surface area contributed by atoms with Crippen LogP contribution in [0.15, 0.2) is 72.2 Å². The van der Waals surface area contributed by atoms with Crippen molar-refractivity contribution < 1.29 is 4.79 Å². The minimum Gasteiger partial charge on any atom is -0.345 e. The van der Waals surface area contributed by atoms with Crippen LogP contribution in [0.2, 0.25) is 0 Å². The third kappa shape index (κ3) is 4.00. The molecular formula is C28H22N10O. The van der Waals surface area contributed by atoms with Crippen LogP contribution in [-0.4, -0.2) is 56.9 Å². The summed E-state index contributed by atoms with van der Waals surface area (Å²) in [5, 5.41) is 17.5. The molecule has 0 bridgehead atoms. The van der Waals surface area contributed by atoms with Gasteiger partial charge in [0.05, 0.1) is 52.7 Å². The van der Waals surface area contributed by atoms with Crippen LogP contribution in [0, 0.1) is 0 Å². The lowest BCUT2D eigenvalue weighted by Gasteiger charge is -2.06. The normalized spacial score (nSPS) is 12.3. The highest BCUT2D eigenvalue weighted by Crippen LogP contribution is 2.30. The van der Waals surface area contributed by atoms with E-state index in [2.05, 4.69) is 35.6 Å². The molecule has 6 aromatic rings. The number of H-pyrrole nitrogens is 1. The van der Waals surface area contributed by atoms with Crippen LogP contribution in [0.4, 0.5) is 5.69 Å². The van der Waals surface area contributed by atoms with E-state index in [4.69, 9.17) is 4.98 Å². The molecule has 0 saturated carbocycles. The van der Waals surface area contributed by atoms with E-state index in [1.54, 1.807) is 34.0 Å². The number of aliphatic imine (C=N–C) groups is 1. The summed E-state index contributed by atoms with van der Waals surface area (Å²) >= 11 is 0. The van der Waals surface area contributed by atoms with Gasteiger partial charge in [0.1, 0.15) is 16.9 Å². The molecule has 0 amide bonds. The summed E-state index contributed by atoms with van der Waals surface area (Å²) in [6.45, 7) is 1.98. The molecule has 0 spiro atoms. The molecule has 1 N–H and O–H groups in total. The fraction of sp³-hybridized carbons (Fsp3) is 0.143. The Morgan fingerprint density at radius 1 is 0.923 bits per heavy atom. The number of imidazole rings is 1. The first kappa shape index (κ1) is 22.8. The van der Waals surface area contributed by atoms with Gasteiger partial charge in [-0.3, -0.25) is 9.79 Å². The van der Waals surface area contributed by atoms with E-state index < -0.39 is 0 Å². The maximum atomic E-state index is 13.0. The van der Waals surface area contributed by atoms with Gasteiger partial charge in [-0.2, -0.15) is 0 Å². The molecule has 5 heterocycles. The van der Waals surface area contributed by atoms with E-state index in [0.29, 0.717) is 34.8 Å². The van der Waals surface area contributed by atoms with Crippen LogP contribution in [0.3, 0.4) is 0 Å². The van der Waals surface area contributed by atoms with Gasteiger partial charge in [-0.05, 0) is 42.8 Å². The molecule has 0 aliphatic carbocycles. The molecule has 11 heteroatoms. The van der Waals surface area contributed by atoms with E-state index in [-0.39, 0.29) is 5.78 Å². The third-order valence-corrected chi connectivity index (χ3v) is 6.71. The Morgan fingerprint density at radius 2 is 1.64 bits per heavy atom. The predicted molar refractivity (Wildman–Crippen MR) is 146 cm³/mol. The highest BCUT2D eigenvalue weighted by atomic mass is 16.1. The lowest BCUT2D eigenvalue weighted by atomic mass is 10.0. The van der Waals surface area contributed by atoms with Crippen LogP contribution in [0.25, 0.3) is 45.2 Å². The number of aromatic amines is 1. The van der Waals surface area contributed by atoms with E-state index in [1.165, 1.54) is 0 Å².